The van der Waals surface area contributed by atoms with E-state index in [0.717, 1.165) is 0 Å². The van der Waals surface area contributed by atoms with Gasteiger partial charge in [-0.1, -0.05) is 23.7 Å². The molecule has 0 radical (unpaired) electrons. The molecule has 1 heterocycles. The van der Waals surface area contributed by atoms with Crippen LogP contribution in [0.15, 0.2) is 47.4 Å². The number of carbonyl (C=O) groups is 2. The number of hydrogen-bond acceptors (Lipinski definition) is 5. The van der Waals surface area contributed by atoms with E-state index in [2.05, 4.69) is 10.9 Å². The van der Waals surface area contributed by atoms with Gasteiger partial charge in [-0.05, 0) is 42.8 Å². The summed E-state index contributed by atoms with van der Waals surface area (Å²) in [5, 5.41) is 0.389. The fraction of sp³-hybridized carbons (Fsp3) is 0.263. The first-order valence-corrected chi connectivity index (χ1v) is 10.7. The van der Waals surface area contributed by atoms with Crippen LogP contribution < -0.4 is 10.9 Å². The summed E-state index contributed by atoms with van der Waals surface area (Å²) in [5.74, 6) is -1.19. The fourth-order valence-corrected chi connectivity index (χ4v) is 4.68. The number of aryl methyl sites for hydroxylation is 1. The molecule has 10 heteroatoms. The van der Waals surface area contributed by atoms with Crippen molar-refractivity contribution in [2.75, 3.05) is 26.3 Å². The van der Waals surface area contributed by atoms with E-state index in [1.54, 1.807) is 31.2 Å². The van der Waals surface area contributed by atoms with Crippen LogP contribution in [0.4, 0.5) is 0 Å². The summed E-state index contributed by atoms with van der Waals surface area (Å²) in [4.78, 5) is 24.6. The molecule has 3 rings (SSSR count). The van der Waals surface area contributed by atoms with Gasteiger partial charge < -0.3 is 4.74 Å². The lowest BCUT2D eigenvalue weighted by atomic mass is 10.1. The lowest BCUT2D eigenvalue weighted by Gasteiger charge is -2.26. The van der Waals surface area contributed by atoms with Crippen molar-refractivity contribution in [3.05, 3.63) is 64.2 Å². The highest BCUT2D eigenvalue weighted by Crippen LogP contribution is 2.22. The Balaban J connectivity index is 1.74. The van der Waals surface area contributed by atoms with E-state index in [0.29, 0.717) is 23.8 Å². The second kappa shape index (κ2) is 8.91. The Morgan fingerprint density at radius 2 is 1.62 bits per heavy atom. The van der Waals surface area contributed by atoms with Crippen molar-refractivity contribution in [1.29, 1.82) is 0 Å². The summed E-state index contributed by atoms with van der Waals surface area (Å²) in [7, 11) is -3.76. The molecule has 2 amide bonds. The van der Waals surface area contributed by atoms with E-state index in [1.165, 1.54) is 22.5 Å². The van der Waals surface area contributed by atoms with E-state index in [9.17, 15) is 18.0 Å². The molecule has 154 valence electrons. The molecule has 0 bridgehead atoms. The average Bonchev–Trinajstić information content (AvgIpc) is 2.72. The standard InChI is InChI=1S/C19H20ClN3O5S/c1-13-5-6-15(12-17(13)29(26,27)23-7-9-28-10-8-23)19(25)22-21-18(24)14-3-2-4-16(20)11-14/h2-6,11-12H,7-10H2,1H3,(H,21,24)(H,22,25). The zero-order valence-electron chi connectivity index (χ0n) is 15.6. The summed E-state index contributed by atoms with van der Waals surface area (Å²) in [6, 6.07) is 10.6. The topological polar surface area (TPSA) is 105 Å². The number of halogens is 1. The molecule has 1 fully saturated rings. The van der Waals surface area contributed by atoms with Crippen LogP contribution >= 0.6 is 11.6 Å². The molecule has 29 heavy (non-hydrogen) atoms. The van der Waals surface area contributed by atoms with Gasteiger partial charge in [0.25, 0.3) is 11.8 Å². The molecule has 1 aliphatic heterocycles. The minimum absolute atomic E-state index is 0.0493. The van der Waals surface area contributed by atoms with Crippen LogP contribution in [0, 0.1) is 6.92 Å². The Morgan fingerprint density at radius 1 is 1.00 bits per heavy atom. The second-order valence-electron chi connectivity index (χ2n) is 6.42. The first kappa shape index (κ1) is 21.3. The third kappa shape index (κ3) is 4.94. The number of ether oxygens (including phenoxy) is 1. The summed E-state index contributed by atoms with van der Waals surface area (Å²) >= 11 is 5.85. The van der Waals surface area contributed by atoms with E-state index < -0.39 is 21.8 Å². The predicted octanol–water partition coefficient (Wildman–Crippen LogP) is 1.74. The van der Waals surface area contributed by atoms with Crippen LogP contribution in [0.3, 0.4) is 0 Å². The molecule has 1 saturated heterocycles. The minimum atomic E-state index is -3.76. The minimum Gasteiger partial charge on any atom is -0.379 e. The Bertz CT molecular complexity index is 1040. The lowest BCUT2D eigenvalue weighted by Crippen LogP contribution is -2.42. The molecule has 0 unspecified atom stereocenters. The third-order valence-electron chi connectivity index (χ3n) is 4.41. The fourth-order valence-electron chi connectivity index (χ4n) is 2.83. The number of sulfonamides is 1. The number of hydrazine groups is 1. The van der Waals surface area contributed by atoms with Crippen LogP contribution in [-0.2, 0) is 14.8 Å². The van der Waals surface area contributed by atoms with Crippen LogP contribution in [0.1, 0.15) is 26.3 Å². The van der Waals surface area contributed by atoms with Crippen molar-refractivity contribution in [3.8, 4) is 0 Å². The normalized spacial score (nSPS) is 15.0. The Kier molecular flexibility index (Phi) is 6.53. The maximum absolute atomic E-state index is 12.9. The molecule has 2 N–H and O–H groups in total. The SMILES string of the molecule is Cc1ccc(C(=O)NNC(=O)c2cccc(Cl)c2)cc1S(=O)(=O)N1CCOCC1. The van der Waals surface area contributed by atoms with Crippen LogP contribution in [0.2, 0.25) is 5.02 Å². The molecular weight excluding hydrogens is 418 g/mol. The molecule has 0 aromatic heterocycles. The Hall–Kier alpha value is -2.46. The summed E-state index contributed by atoms with van der Waals surface area (Å²) in [6.07, 6.45) is 0. The number of nitrogens with zero attached hydrogens (tertiary/aromatic N) is 1. The maximum atomic E-state index is 12.9. The smallest absolute Gasteiger partial charge is 0.269 e. The van der Waals surface area contributed by atoms with E-state index in [4.69, 9.17) is 16.3 Å². The summed E-state index contributed by atoms with van der Waals surface area (Å²) in [5.41, 5.74) is 5.48. The monoisotopic (exact) mass is 437 g/mol. The Morgan fingerprint density at radius 3 is 2.24 bits per heavy atom. The van der Waals surface area contributed by atoms with Gasteiger partial charge >= 0.3 is 0 Å². The molecule has 8 nitrogen and oxygen atoms in total. The molecule has 2 aromatic rings. The van der Waals surface area contributed by atoms with Crippen LogP contribution in [0.5, 0.6) is 0 Å². The lowest BCUT2D eigenvalue weighted by molar-refractivity contribution is 0.0730. The molecule has 2 aromatic carbocycles. The summed E-state index contributed by atoms with van der Waals surface area (Å²) < 4.78 is 32.4. The third-order valence-corrected chi connectivity index (χ3v) is 6.69. The highest BCUT2D eigenvalue weighted by Gasteiger charge is 2.28. The van der Waals surface area contributed by atoms with Gasteiger partial charge in [0.1, 0.15) is 0 Å². The molecule has 0 spiro atoms. The van der Waals surface area contributed by atoms with Crippen molar-refractivity contribution >= 4 is 33.4 Å². The number of amides is 2. The second-order valence-corrected chi connectivity index (χ2v) is 8.76. The number of rotatable bonds is 4. The van der Waals surface area contributed by atoms with E-state index in [1.807, 2.05) is 0 Å². The van der Waals surface area contributed by atoms with Crippen molar-refractivity contribution in [1.82, 2.24) is 15.2 Å². The van der Waals surface area contributed by atoms with Gasteiger partial charge in [-0.3, -0.25) is 20.4 Å². The van der Waals surface area contributed by atoms with Gasteiger partial charge in [0.15, 0.2) is 0 Å². The highest BCUT2D eigenvalue weighted by atomic mass is 35.5. The van der Waals surface area contributed by atoms with Crippen molar-refractivity contribution in [2.45, 2.75) is 11.8 Å². The zero-order valence-corrected chi connectivity index (χ0v) is 17.2. The number of morpholine rings is 1. The first-order valence-electron chi connectivity index (χ1n) is 8.84. The van der Waals surface area contributed by atoms with Gasteiger partial charge in [0.2, 0.25) is 10.0 Å². The predicted molar refractivity (Wildman–Crippen MR) is 107 cm³/mol. The average molecular weight is 438 g/mol. The molecule has 0 aliphatic carbocycles. The van der Waals surface area contributed by atoms with Crippen LogP contribution in [0.25, 0.3) is 0 Å². The van der Waals surface area contributed by atoms with Gasteiger partial charge in [0.05, 0.1) is 18.1 Å². The summed E-state index contributed by atoms with van der Waals surface area (Å²) in [6.45, 7) is 2.83. The maximum Gasteiger partial charge on any atom is 0.269 e. The number of benzene rings is 2. The van der Waals surface area contributed by atoms with Crippen molar-refractivity contribution in [2.24, 2.45) is 0 Å². The molecule has 1 aliphatic rings. The first-order chi connectivity index (χ1) is 13.8. The Labute approximate surface area is 173 Å². The quantitative estimate of drug-likeness (QED) is 0.709. The van der Waals surface area contributed by atoms with Gasteiger partial charge in [-0.25, -0.2) is 8.42 Å². The van der Waals surface area contributed by atoms with Gasteiger partial charge in [0, 0.05) is 29.2 Å². The van der Waals surface area contributed by atoms with Crippen molar-refractivity contribution in [3.63, 3.8) is 0 Å². The number of carbonyl (C=O) groups excluding carboxylic acids is 2. The van der Waals surface area contributed by atoms with Gasteiger partial charge in [-0.2, -0.15) is 4.31 Å². The highest BCUT2D eigenvalue weighted by molar-refractivity contribution is 7.89. The van der Waals surface area contributed by atoms with E-state index in [-0.39, 0.29) is 29.1 Å². The molecular formula is C19H20ClN3O5S. The van der Waals surface area contributed by atoms with Crippen molar-refractivity contribution < 1.29 is 22.7 Å². The van der Waals surface area contributed by atoms with Crippen LogP contribution in [-0.4, -0.2) is 50.8 Å². The number of hydrogen-bond donors (Lipinski definition) is 2. The van der Waals surface area contributed by atoms with Gasteiger partial charge in [-0.15, -0.1) is 0 Å². The molecule has 0 saturated carbocycles. The molecule has 0 atom stereocenters. The van der Waals surface area contributed by atoms with E-state index >= 15 is 0 Å². The zero-order chi connectivity index (χ0) is 21.0. The largest absolute Gasteiger partial charge is 0.379 e. The number of nitrogens with one attached hydrogen (secondary N) is 2.